The van der Waals surface area contributed by atoms with E-state index in [0.29, 0.717) is 37.9 Å². The standard InChI is InChI=1S/C39H43N3O7/c1-28(41-37(43)23-33-24-40-19-20-46-33)38(44)42-34(39(45)49-27-31-15-9-4-10-16-31)21-32-17-18-35(47-25-29-11-5-2-6-12-29)36(22-32)48-26-30-13-7-3-8-14-30/h2-18,22,28,33-34,40H,19-21,23-27H2,1H3,(H,41,43)(H,42,44)/t28-,33?,34-/m0/s1. The molecule has 0 saturated carbocycles. The van der Waals surface area contributed by atoms with Crippen molar-refractivity contribution < 1.29 is 33.3 Å². The summed E-state index contributed by atoms with van der Waals surface area (Å²) in [5, 5.41) is 8.71. The molecule has 10 nitrogen and oxygen atoms in total. The number of rotatable bonds is 16. The Kier molecular flexibility index (Phi) is 13.2. The second kappa shape index (κ2) is 18.4. The molecular weight excluding hydrogens is 622 g/mol. The summed E-state index contributed by atoms with van der Waals surface area (Å²) in [4.78, 5) is 39.5. The minimum absolute atomic E-state index is 0.0471. The van der Waals surface area contributed by atoms with Crippen LogP contribution in [0.4, 0.5) is 0 Å². The average Bonchev–Trinajstić information content (AvgIpc) is 3.13. The van der Waals surface area contributed by atoms with Gasteiger partial charge >= 0.3 is 5.97 Å². The fourth-order valence-corrected chi connectivity index (χ4v) is 5.26. The van der Waals surface area contributed by atoms with Gasteiger partial charge in [-0.05, 0) is 41.3 Å². The molecule has 2 amide bonds. The van der Waals surface area contributed by atoms with Crippen LogP contribution in [0.1, 0.15) is 35.6 Å². The number of amides is 2. The highest BCUT2D eigenvalue weighted by Crippen LogP contribution is 2.31. The van der Waals surface area contributed by atoms with Crippen molar-refractivity contribution in [3.8, 4) is 11.5 Å². The molecule has 4 aromatic rings. The third-order valence-electron chi connectivity index (χ3n) is 7.94. The molecule has 1 heterocycles. The maximum Gasteiger partial charge on any atom is 0.329 e. The summed E-state index contributed by atoms with van der Waals surface area (Å²) in [6.45, 7) is 4.11. The molecule has 1 unspecified atom stereocenters. The van der Waals surface area contributed by atoms with Crippen LogP contribution in [0.5, 0.6) is 11.5 Å². The molecule has 1 fully saturated rings. The number of hydrogen-bond acceptors (Lipinski definition) is 8. The Morgan fingerprint density at radius 1 is 0.755 bits per heavy atom. The Labute approximate surface area is 287 Å². The van der Waals surface area contributed by atoms with E-state index in [-0.39, 0.29) is 31.5 Å². The van der Waals surface area contributed by atoms with E-state index >= 15 is 0 Å². The minimum Gasteiger partial charge on any atom is -0.485 e. The lowest BCUT2D eigenvalue weighted by Crippen LogP contribution is -2.52. The van der Waals surface area contributed by atoms with Crippen molar-refractivity contribution in [3.05, 3.63) is 131 Å². The normalized spacial score (nSPS) is 15.3. The smallest absolute Gasteiger partial charge is 0.329 e. The van der Waals surface area contributed by atoms with Crippen LogP contribution in [0.2, 0.25) is 0 Å². The summed E-state index contributed by atoms with van der Waals surface area (Å²) >= 11 is 0. The van der Waals surface area contributed by atoms with Crippen LogP contribution in [0.25, 0.3) is 0 Å². The largest absolute Gasteiger partial charge is 0.485 e. The van der Waals surface area contributed by atoms with E-state index in [9.17, 15) is 14.4 Å². The molecule has 256 valence electrons. The van der Waals surface area contributed by atoms with E-state index in [4.69, 9.17) is 18.9 Å². The van der Waals surface area contributed by atoms with E-state index in [2.05, 4.69) is 16.0 Å². The summed E-state index contributed by atoms with van der Waals surface area (Å²) < 4.78 is 23.7. The number of carbonyl (C=O) groups excluding carboxylic acids is 3. The Bertz CT molecular complexity index is 1630. The van der Waals surface area contributed by atoms with Crippen LogP contribution in [0, 0.1) is 0 Å². The van der Waals surface area contributed by atoms with Crippen LogP contribution in [-0.2, 0) is 50.1 Å². The predicted molar refractivity (Wildman–Crippen MR) is 185 cm³/mol. The molecule has 0 aromatic heterocycles. The number of hydrogen-bond donors (Lipinski definition) is 3. The van der Waals surface area contributed by atoms with Crippen LogP contribution < -0.4 is 25.4 Å². The first-order valence-electron chi connectivity index (χ1n) is 16.5. The molecule has 3 N–H and O–H groups in total. The SMILES string of the molecule is C[C@H](NC(=O)CC1CNCCO1)C(=O)N[C@@H](Cc1ccc(OCc2ccccc2)c(OCc2ccccc2)c1)C(=O)OCc1ccccc1. The minimum atomic E-state index is -1.04. The van der Waals surface area contributed by atoms with Gasteiger partial charge in [0.1, 0.15) is 31.9 Å². The third kappa shape index (κ3) is 11.5. The summed E-state index contributed by atoms with van der Waals surface area (Å²) in [5.41, 5.74) is 3.53. The summed E-state index contributed by atoms with van der Waals surface area (Å²) in [5.74, 6) is -0.384. The Hall–Kier alpha value is -5.19. The van der Waals surface area contributed by atoms with Gasteiger partial charge in [-0.15, -0.1) is 0 Å². The molecule has 3 atom stereocenters. The Balaban J connectivity index is 1.30. The number of nitrogens with one attached hydrogen (secondary N) is 3. The summed E-state index contributed by atoms with van der Waals surface area (Å²) in [6, 6.07) is 32.4. The van der Waals surface area contributed by atoms with Gasteiger partial charge in [0.05, 0.1) is 19.1 Å². The molecule has 0 radical (unpaired) electrons. The van der Waals surface area contributed by atoms with Crippen molar-refractivity contribution in [2.45, 2.75) is 57.8 Å². The predicted octanol–water partition coefficient (Wildman–Crippen LogP) is 4.50. The van der Waals surface area contributed by atoms with Crippen molar-refractivity contribution in [2.75, 3.05) is 19.7 Å². The second-order valence-electron chi connectivity index (χ2n) is 11.9. The lowest BCUT2D eigenvalue weighted by atomic mass is 10.0. The van der Waals surface area contributed by atoms with Gasteiger partial charge in [-0.2, -0.15) is 0 Å². The highest BCUT2D eigenvalue weighted by Gasteiger charge is 2.27. The van der Waals surface area contributed by atoms with Crippen molar-refractivity contribution in [2.24, 2.45) is 0 Å². The van der Waals surface area contributed by atoms with Crippen LogP contribution in [0.3, 0.4) is 0 Å². The van der Waals surface area contributed by atoms with Crippen molar-refractivity contribution in [3.63, 3.8) is 0 Å². The first kappa shape index (κ1) is 35.1. The molecule has 0 aliphatic carbocycles. The number of ether oxygens (including phenoxy) is 4. The Morgan fingerprint density at radius 2 is 1.35 bits per heavy atom. The van der Waals surface area contributed by atoms with Gasteiger partial charge < -0.3 is 34.9 Å². The molecule has 0 bridgehead atoms. The van der Waals surface area contributed by atoms with Crippen molar-refractivity contribution >= 4 is 17.8 Å². The first-order chi connectivity index (χ1) is 23.9. The molecular formula is C39H43N3O7. The van der Waals surface area contributed by atoms with Crippen LogP contribution in [0.15, 0.2) is 109 Å². The number of carbonyl (C=O) groups is 3. The summed E-state index contributed by atoms with van der Waals surface area (Å²) in [7, 11) is 0. The number of benzene rings is 4. The number of esters is 1. The zero-order valence-corrected chi connectivity index (χ0v) is 27.6. The molecule has 1 aliphatic heterocycles. The van der Waals surface area contributed by atoms with Gasteiger partial charge in [0.25, 0.3) is 0 Å². The fraction of sp³-hybridized carbons (Fsp3) is 0.308. The zero-order valence-electron chi connectivity index (χ0n) is 27.6. The van der Waals surface area contributed by atoms with Crippen molar-refractivity contribution in [1.82, 2.24) is 16.0 Å². The maximum absolute atomic E-state index is 13.5. The lowest BCUT2D eigenvalue weighted by Gasteiger charge is -2.24. The lowest BCUT2D eigenvalue weighted by molar-refractivity contribution is -0.149. The van der Waals surface area contributed by atoms with Gasteiger partial charge in [-0.25, -0.2) is 4.79 Å². The van der Waals surface area contributed by atoms with Crippen molar-refractivity contribution in [1.29, 1.82) is 0 Å². The fourth-order valence-electron chi connectivity index (χ4n) is 5.26. The molecule has 5 rings (SSSR count). The maximum atomic E-state index is 13.5. The van der Waals surface area contributed by atoms with E-state index < -0.39 is 24.0 Å². The van der Waals surface area contributed by atoms with Gasteiger partial charge in [-0.1, -0.05) is 97.1 Å². The molecule has 49 heavy (non-hydrogen) atoms. The van der Waals surface area contributed by atoms with Crippen LogP contribution >= 0.6 is 0 Å². The topological polar surface area (TPSA) is 124 Å². The van der Waals surface area contributed by atoms with Crippen LogP contribution in [-0.4, -0.2) is 55.7 Å². The molecule has 10 heteroatoms. The van der Waals surface area contributed by atoms with Gasteiger partial charge in [0.2, 0.25) is 11.8 Å². The molecule has 1 saturated heterocycles. The molecule has 4 aromatic carbocycles. The first-order valence-corrected chi connectivity index (χ1v) is 16.5. The van der Waals surface area contributed by atoms with E-state index in [1.807, 2.05) is 103 Å². The molecule has 1 aliphatic rings. The van der Waals surface area contributed by atoms with E-state index in [0.717, 1.165) is 28.8 Å². The third-order valence-corrected chi connectivity index (χ3v) is 7.94. The summed E-state index contributed by atoms with van der Waals surface area (Å²) in [6.07, 6.45) is -0.0254. The van der Waals surface area contributed by atoms with E-state index in [1.54, 1.807) is 13.0 Å². The zero-order chi connectivity index (χ0) is 34.3. The highest BCUT2D eigenvalue weighted by atomic mass is 16.5. The number of morpholine rings is 1. The second-order valence-corrected chi connectivity index (χ2v) is 11.9. The quantitative estimate of drug-likeness (QED) is 0.150. The Morgan fingerprint density at radius 3 is 1.94 bits per heavy atom. The van der Waals surface area contributed by atoms with Gasteiger partial charge in [0.15, 0.2) is 11.5 Å². The average molecular weight is 666 g/mol. The van der Waals surface area contributed by atoms with Gasteiger partial charge in [0, 0.05) is 19.5 Å². The van der Waals surface area contributed by atoms with E-state index in [1.165, 1.54) is 0 Å². The molecule has 0 spiro atoms. The highest BCUT2D eigenvalue weighted by molar-refractivity contribution is 5.90. The van der Waals surface area contributed by atoms with Gasteiger partial charge in [-0.3, -0.25) is 9.59 Å². The monoisotopic (exact) mass is 665 g/mol.